The van der Waals surface area contributed by atoms with Gasteiger partial charge in [0.15, 0.2) is 0 Å². The van der Waals surface area contributed by atoms with E-state index in [0.29, 0.717) is 0 Å². The van der Waals surface area contributed by atoms with E-state index in [4.69, 9.17) is 46.5 Å². The molecular weight excluding hydrogens is 436 g/mol. The molecule has 0 aromatic rings. The van der Waals surface area contributed by atoms with Crippen molar-refractivity contribution < 1.29 is 34.0 Å². The van der Waals surface area contributed by atoms with Gasteiger partial charge in [-0.3, -0.25) is 9.11 Å². The fourth-order valence-electron chi connectivity index (χ4n) is 0. The van der Waals surface area contributed by atoms with Crippen molar-refractivity contribution in [3.8, 4) is 0 Å². The number of hydrogen-bond acceptors (Lipinski definition) is 5. The monoisotopic (exact) mass is 441 g/mol. The van der Waals surface area contributed by atoms with Crippen LogP contribution in [0, 0.1) is 10.1 Å². The topological polar surface area (TPSA) is 194 Å². The zero-order valence-electron chi connectivity index (χ0n) is 5.61. The van der Waals surface area contributed by atoms with Gasteiger partial charge in [-0.25, -0.2) is 0 Å². The maximum absolute atomic E-state index is 8.74. The van der Waals surface area contributed by atoms with E-state index in [1.54, 1.807) is 0 Å². The Kier molecular flexibility index (Phi) is 51.3. The van der Waals surface area contributed by atoms with Crippen LogP contribution in [-0.4, -0.2) is 17.5 Å². The number of nitrogens with zero attached hydrogens (tertiary/aromatic N) is 1. The van der Waals surface area contributed by atoms with Crippen molar-refractivity contribution in [1.29, 1.82) is 0 Å². The SMILES string of the molecule is O=N[O-].O=S(=O)(O)O.[Cl][Pt+2][Cl].[NH2-].[NH2-]. The van der Waals surface area contributed by atoms with Crippen LogP contribution >= 0.6 is 18.8 Å². The molecule has 0 saturated carbocycles. The molecule has 13 heavy (non-hydrogen) atoms. The molecule has 0 spiro atoms. The molecule has 0 aromatic heterocycles. The molecule has 9 nitrogen and oxygen atoms in total. The molecule has 0 heterocycles. The third-order valence-corrected chi connectivity index (χ3v) is 0. The summed E-state index contributed by atoms with van der Waals surface area (Å²) < 4.78 is 31.6. The fraction of sp³-hybridized carbons (Fsp3) is 0. The summed E-state index contributed by atoms with van der Waals surface area (Å²) in [7, 11) is 5.08. The average Bonchev–Trinajstić information content (AvgIpc) is 1.62. The Balaban J connectivity index is -0.0000000240. The first kappa shape index (κ1) is 29.2. The van der Waals surface area contributed by atoms with Crippen LogP contribution in [0.15, 0.2) is 5.34 Å². The van der Waals surface area contributed by atoms with Gasteiger partial charge in [0.25, 0.3) is 0 Å². The first-order valence-corrected chi connectivity index (χ1v) is 8.33. The minimum Gasteiger partial charge on any atom is -0.693 e. The second-order valence-corrected chi connectivity index (χ2v) is 4.75. The van der Waals surface area contributed by atoms with E-state index in [-0.39, 0.29) is 12.3 Å². The molecule has 0 radical (unpaired) electrons. The molecule has 0 saturated heterocycles. The largest absolute Gasteiger partial charge is 0.693 e. The van der Waals surface area contributed by atoms with Crippen molar-refractivity contribution >= 4 is 29.2 Å². The zero-order chi connectivity index (χ0) is 9.91. The summed E-state index contributed by atoms with van der Waals surface area (Å²) in [4.78, 5) is 8.00. The summed E-state index contributed by atoms with van der Waals surface area (Å²) in [6, 6.07) is 0. The van der Waals surface area contributed by atoms with Gasteiger partial charge in [0.05, 0.1) is 0 Å². The van der Waals surface area contributed by atoms with E-state index in [1.165, 1.54) is 0 Å². The second kappa shape index (κ2) is 22.9. The molecule has 0 aliphatic carbocycles. The van der Waals surface area contributed by atoms with Gasteiger partial charge in [0.1, 0.15) is 0 Å². The van der Waals surface area contributed by atoms with Gasteiger partial charge in [-0.05, 0) is 0 Å². The molecule has 6 N–H and O–H groups in total. The summed E-state index contributed by atoms with van der Waals surface area (Å²) in [5.41, 5.74) is 0. The number of nitrogens with two attached hydrogens (primary N) is 2. The molecule has 88 valence electrons. The standard InChI is InChI=1S/2ClH.HNO2.2H2N.H2O4S.Pt/c;;2-1-3;;;1-5(2,3)4;/h2*1H;(H,2,3);2*1H2;(H2,1,2,3,4);/q;;;2*-1;;+4/p-3. The molecular formula is H6Cl2N3O6PtS-. The summed E-state index contributed by atoms with van der Waals surface area (Å²) in [6.07, 6.45) is 0. The first-order valence-electron chi connectivity index (χ1n) is 1.30. The molecule has 0 aliphatic rings. The predicted molar refractivity (Wildman–Crippen MR) is 45.6 cm³/mol. The number of rotatable bonds is 0. The van der Waals surface area contributed by atoms with Crippen LogP contribution in [0.1, 0.15) is 0 Å². The van der Waals surface area contributed by atoms with Gasteiger partial charge in [-0.1, -0.05) is 0 Å². The molecule has 0 rings (SSSR count). The molecule has 0 unspecified atom stereocenters. The van der Waals surface area contributed by atoms with E-state index < -0.39 is 26.9 Å². The van der Waals surface area contributed by atoms with E-state index in [1.807, 2.05) is 0 Å². The van der Waals surface area contributed by atoms with E-state index in [2.05, 4.69) is 0 Å². The Morgan fingerprint density at radius 3 is 1.23 bits per heavy atom. The molecule has 0 atom stereocenters. The quantitative estimate of drug-likeness (QED) is 0.328. The Labute approximate surface area is 90.9 Å². The Bertz CT molecular complexity index is 151. The number of hydrogen-bond donors (Lipinski definition) is 2. The van der Waals surface area contributed by atoms with Crippen LogP contribution in [0.3, 0.4) is 0 Å². The van der Waals surface area contributed by atoms with E-state index >= 15 is 0 Å². The maximum Gasteiger partial charge on any atom is -0.693 e. The molecule has 13 heteroatoms. The summed E-state index contributed by atoms with van der Waals surface area (Å²) in [5.74, 6) is 0. The number of halogens is 2. The van der Waals surface area contributed by atoms with Crippen molar-refractivity contribution in [2.75, 3.05) is 0 Å². The van der Waals surface area contributed by atoms with Crippen molar-refractivity contribution in [1.82, 2.24) is 0 Å². The Morgan fingerprint density at radius 1 is 1.23 bits per heavy atom. The minimum atomic E-state index is -4.67. The van der Waals surface area contributed by atoms with Gasteiger partial charge in [0, 0.05) is 0 Å². The zero-order valence-corrected chi connectivity index (χ0v) is 10.2. The van der Waals surface area contributed by atoms with Crippen molar-refractivity contribution in [2.45, 2.75) is 0 Å². The van der Waals surface area contributed by atoms with Gasteiger partial charge in [0.2, 0.25) is 0 Å². The Hall–Kier alpha value is 0.458. The average molecular weight is 442 g/mol. The van der Waals surface area contributed by atoms with Gasteiger partial charge >= 0.3 is 45.7 Å². The first-order chi connectivity index (χ1) is 4.83. The second-order valence-electron chi connectivity index (χ2n) is 0.568. The summed E-state index contributed by atoms with van der Waals surface area (Å²) in [5, 5.41) is 9.00. The third kappa shape index (κ3) is 6490. The van der Waals surface area contributed by atoms with E-state index in [9.17, 15) is 0 Å². The van der Waals surface area contributed by atoms with Gasteiger partial charge in [-0.2, -0.15) is 8.42 Å². The van der Waals surface area contributed by atoms with Crippen LogP contribution in [0.25, 0.3) is 12.3 Å². The molecule has 0 fully saturated rings. The molecule has 0 aliphatic heterocycles. The van der Waals surface area contributed by atoms with E-state index in [0.717, 1.165) is 5.34 Å². The van der Waals surface area contributed by atoms with Gasteiger partial charge < -0.3 is 22.4 Å². The van der Waals surface area contributed by atoms with Crippen LogP contribution < -0.4 is 0 Å². The van der Waals surface area contributed by atoms with Crippen molar-refractivity contribution in [3.63, 3.8) is 0 Å². The third-order valence-electron chi connectivity index (χ3n) is 0. The summed E-state index contributed by atoms with van der Waals surface area (Å²) in [6.45, 7) is 0. The van der Waals surface area contributed by atoms with Crippen LogP contribution in [0.5, 0.6) is 0 Å². The molecule has 0 bridgehead atoms. The van der Waals surface area contributed by atoms with Crippen LogP contribution in [0.4, 0.5) is 0 Å². The van der Waals surface area contributed by atoms with Crippen LogP contribution in [0.2, 0.25) is 0 Å². The van der Waals surface area contributed by atoms with Crippen molar-refractivity contribution in [2.24, 2.45) is 5.34 Å². The minimum absolute atomic E-state index is 0. The van der Waals surface area contributed by atoms with Gasteiger partial charge in [-0.15, -0.1) is 5.34 Å². The van der Waals surface area contributed by atoms with Crippen LogP contribution in [-0.2, 0) is 26.9 Å². The normalized spacial score (nSPS) is 7.08. The Morgan fingerprint density at radius 2 is 1.23 bits per heavy atom. The summed E-state index contributed by atoms with van der Waals surface area (Å²) >= 11 is -0.472. The predicted octanol–water partition coefficient (Wildman–Crippen LogP) is 2.41. The fourth-order valence-corrected chi connectivity index (χ4v) is 0. The maximum atomic E-state index is 8.74. The molecule has 0 aromatic carbocycles. The van der Waals surface area contributed by atoms with Crippen molar-refractivity contribution in [3.05, 3.63) is 22.4 Å². The molecule has 0 amide bonds. The smallest absolute Gasteiger partial charge is 0.693 e.